The predicted octanol–water partition coefficient (Wildman–Crippen LogP) is 4.20. The first-order valence-corrected chi connectivity index (χ1v) is 7.07. The Morgan fingerprint density at radius 1 is 0.909 bits per heavy atom. The van der Waals surface area contributed by atoms with Crippen molar-refractivity contribution in [3.05, 3.63) is 66.5 Å². The van der Waals surface area contributed by atoms with E-state index in [1.165, 1.54) is 0 Å². The fraction of sp³-hybridized carbons (Fsp3) is 0.111. The summed E-state index contributed by atoms with van der Waals surface area (Å²) in [5.74, 6) is 2.30. The molecule has 1 aromatic heterocycles. The van der Waals surface area contributed by atoms with E-state index in [1.54, 1.807) is 7.11 Å². The van der Waals surface area contributed by atoms with E-state index in [0.29, 0.717) is 0 Å². The summed E-state index contributed by atoms with van der Waals surface area (Å²) in [5.41, 5.74) is 2.90. The van der Waals surface area contributed by atoms with Crippen LogP contribution in [-0.4, -0.2) is 17.1 Å². The number of nitrogens with zero attached hydrogens (tertiary/aromatic N) is 2. The first-order chi connectivity index (χ1) is 10.7. The van der Waals surface area contributed by atoms with Crippen molar-refractivity contribution in [2.24, 2.45) is 0 Å². The van der Waals surface area contributed by atoms with Crippen LogP contribution in [0.5, 0.6) is 5.75 Å². The second-order valence-electron chi connectivity index (χ2n) is 4.91. The summed E-state index contributed by atoms with van der Waals surface area (Å²) < 4.78 is 5.24. The first kappa shape index (κ1) is 14.1. The number of anilines is 2. The van der Waals surface area contributed by atoms with Crippen LogP contribution in [0.2, 0.25) is 0 Å². The van der Waals surface area contributed by atoms with Crippen molar-refractivity contribution in [3.8, 4) is 17.0 Å². The normalized spacial score (nSPS) is 10.3. The molecule has 4 nitrogen and oxygen atoms in total. The molecule has 0 atom stereocenters. The van der Waals surface area contributed by atoms with Gasteiger partial charge in [0.25, 0.3) is 0 Å². The molecule has 4 heteroatoms. The van der Waals surface area contributed by atoms with Crippen LogP contribution in [0.1, 0.15) is 5.82 Å². The molecule has 3 rings (SSSR count). The summed E-state index contributed by atoms with van der Waals surface area (Å²) in [4.78, 5) is 8.95. The van der Waals surface area contributed by atoms with Gasteiger partial charge in [0.2, 0.25) is 0 Å². The SMILES string of the molecule is COc1cccc(Nc2cc(-c3ccccc3)nc(C)n2)c1. The van der Waals surface area contributed by atoms with Gasteiger partial charge in [0.1, 0.15) is 17.4 Å². The van der Waals surface area contributed by atoms with E-state index in [1.807, 2.05) is 67.6 Å². The van der Waals surface area contributed by atoms with E-state index in [-0.39, 0.29) is 0 Å². The Balaban J connectivity index is 1.92. The van der Waals surface area contributed by atoms with Gasteiger partial charge in [-0.1, -0.05) is 36.4 Å². The van der Waals surface area contributed by atoms with Crippen molar-refractivity contribution in [2.45, 2.75) is 6.92 Å². The number of aromatic nitrogens is 2. The van der Waals surface area contributed by atoms with Crippen molar-refractivity contribution in [3.63, 3.8) is 0 Å². The standard InChI is InChI=1S/C18H17N3O/c1-13-19-17(14-7-4-3-5-8-14)12-18(20-13)21-15-9-6-10-16(11-15)22-2/h3-12H,1-2H3,(H,19,20,21). The lowest BCUT2D eigenvalue weighted by Crippen LogP contribution is -1.99. The van der Waals surface area contributed by atoms with Crippen LogP contribution in [-0.2, 0) is 0 Å². The third-order valence-electron chi connectivity index (χ3n) is 3.25. The fourth-order valence-electron chi connectivity index (χ4n) is 2.24. The van der Waals surface area contributed by atoms with Gasteiger partial charge in [0.15, 0.2) is 0 Å². The van der Waals surface area contributed by atoms with Gasteiger partial charge < -0.3 is 10.1 Å². The zero-order valence-corrected chi connectivity index (χ0v) is 12.6. The van der Waals surface area contributed by atoms with E-state index in [0.717, 1.165) is 34.3 Å². The highest BCUT2D eigenvalue weighted by atomic mass is 16.5. The molecule has 110 valence electrons. The Labute approximate surface area is 129 Å². The van der Waals surface area contributed by atoms with Crippen molar-refractivity contribution < 1.29 is 4.74 Å². The largest absolute Gasteiger partial charge is 0.497 e. The number of hydrogen-bond acceptors (Lipinski definition) is 4. The highest BCUT2D eigenvalue weighted by Gasteiger charge is 2.05. The van der Waals surface area contributed by atoms with Crippen LogP contribution < -0.4 is 10.1 Å². The van der Waals surface area contributed by atoms with Crippen molar-refractivity contribution in [1.29, 1.82) is 0 Å². The molecule has 0 aliphatic carbocycles. The molecule has 0 spiro atoms. The molecule has 0 radical (unpaired) electrons. The maximum Gasteiger partial charge on any atom is 0.134 e. The lowest BCUT2D eigenvalue weighted by Gasteiger charge is -2.10. The average molecular weight is 291 g/mol. The Morgan fingerprint density at radius 2 is 1.73 bits per heavy atom. The number of hydrogen-bond donors (Lipinski definition) is 1. The molecule has 3 aromatic rings. The van der Waals surface area contributed by atoms with Gasteiger partial charge in [-0.25, -0.2) is 9.97 Å². The number of nitrogens with one attached hydrogen (secondary N) is 1. The molecule has 0 unspecified atom stereocenters. The number of aryl methyl sites for hydroxylation is 1. The quantitative estimate of drug-likeness (QED) is 0.782. The van der Waals surface area contributed by atoms with E-state index in [9.17, 15) is 0 Å². The molecule has 0 amide bonds. The Kier molecular flexibility index (Phi) is 4.01. The molecule has 0 aliphatic rings. The summed E-state index contributed by atoms with van der Waals surface area (Å²) >= 11 is 0. The molecule has 0 saturated heterocycles. The second-order valence-corrected chi connectivity index (χ2v) is 4.91. The highest BCUT2D eigenvalue weighted by molar-refractivity contribution is 5.66. The van der Waals surface area contributed by atoms with Gasteiger partial charge in [0.05, 0.1) is 12.8 Å². The molecule has 0 aliphatic heterocycles. The lowest BCUT2D eigenvalue weighted by atomic mass is 10.1. The number of benzene rings is 2. The Hall–Kier alpha value is -2.88. The second kappa shape index (κ2) is 6.26. The smallest absolute Gasteiger partial charge is 0.134 e. The third-order valence-corrected chi connectivity index (χ3v) is 3.25. The molecule has 1 heterocycles. The van der Waals surface area contributed by atoms with E-state index in [2.05, 4.69) is 15.3 Å². The minimum Gasteiger partial charge on any atom is -0.497 e. The van der Waals surface area contributed by atoms with Crippen molar-refractivity contribution in [2.75, 3.05) is 12.4 Å². The van der Waals surface area contributed by atoms with Crippen LogP contribution in [0.3, 0.4) is 0 Å². The predicted molar refractivity (Wildman–Crippen MR) is 88.5 cm³/mol. The molecule has 2 aromatic carbocycles. The summed E-state index contributed by atoms with van der Waals surface area (Å²) in [6, 6.07) is 19.8. The van der Waals surface area contributed by atoms with Crippen LogP contribution in [0.15, 0.2) is 60.7 Å². The zero-order chi connectivity index (χ0) is 15.4. The van der Waals surface area contributed by atoms with E-state index >= 15 is 0 Å². The van der Waals surface area contributed by atoms with Gasteiger partial charge in [-0.2, -0.15) is 0 Å². The summed E-state index contributed by atoms with van der Waals surface area (Å²) in [6.45, 7) is 1.89. The maximum atomic E-state index is 5.24. The summed E-state index contributed by atoms with van der Waals surface area (Å²) in [5, 5.41) is 3.30. The topological polar surface area (TPSA) is 47.0 Å². The van der Waals surface area contributed by atoms with Gasteiger partial charge >= 0.3 is 0 Å². The Morgan fingerprint density at radius 3 is 2.50 bits per heavy atom. The first-order valence-electron chi connectivity index (χ1n) is 7.07. The van der Waals surface area contributed by atoms with Gasteiger partial charge in [-0.15, -0.1) is 0 Å². The van der Waals surface area contributed by atoms with Gasteiger partial charge in [-0.05, 0) is 19.1 Å². The highest BCUT2D eigenvalue weighted by Crippen LogP contribution is 2.23. The zero-order valence-electron chi connectivity index (χ0n) is 12.6. The molecule has 22 heavy (non-hydrogen) atoms. The maximum absolute atomic E-state index is 5.24. The van der Waals surface area contributed by atoms with Crippen LogP contribution in [0.4, 0.5) is 11.5 Å². The monoisotopic (exact) mass is 291 g/mol. The number of rotatable bonds is 4. The van der Waals surface area contributed by atoms with Crippen molar-refractivity contribution in [1.82, 2.24) is 9.97 Å². The number of methoxy groups -OCH3 is 1. The lowest BCUT2D eigenvalue weighted by molar-refractivity contribution is 0.415. The van der Waals surface area contributed by atoms with E-state index < -0.39 is 0 Å². The minimum atomic E-state index is 0.728. The molecule has 1 N–H and O–H groups in total. The molecule has 0 fully saturated rings. The van der Waals surface area contributed by atoms with E-state index in [4.69, 9.17) is 4.74 Å². The van der Waals surface area contributed by atoms with Crippen molar-refractivity contribution >= 4 is 11.5 Å². The minimum absolute atomic E-state index is 0.728. The Bertz CT molecular complexity index is 772. The van der Waals surface area contributed by atoms with Gasteiger partial charge in [-0.3, -0.25) is 0 Å². The molecular weight excluding hydrogens is 274 g/mol. The van der Waals surface area contributed by atoms with Crippen LogP contribution >= 0.6 is 0 Å². The summed E-state index contributed by atoms with van der Waals surface area (Å²) in [7, 11) is 1.65. The molecular formula is C18H17N3O. The average Bonchev–Trinajstić information content (AvgIpc) is 2.55. The fourth-order valence-corrected chi connectivity index (χ4v) is 2.24. The molecule has 0 bridgehead atoms. The third kappa shape index (κ3) is 3.23. The summed E-state index contributed by atoms with van der Waals surface area (Å²) in [6.07, 6.45) is 0. The molecule has 0 saturated carbocycles. The van der Waals surface area contributed by atoms with Gasteiger partial charge in [0, 0.05) is 23.4 Å². The number of ether oxygens (including phenoxy) is 1. The van der Waals surface area contributed by atoms with Crippen LogP contribution in [0, 0.1) is 6.92 Å². The van der Waals surface area contributed by atoms with Crippen LogP contribution in [0.25, 0.3) is 11.3 Å².